The van der Waals surface area contributed by atoms with E-state index in [1.54, 1.807) is 0 Å². The van der Waals surface area contributed by atoms with Crippen LogP contribution in [0.2, 0.25) is 0 Å². The number of hydrogen-bond donors (Lipinski definition) is 0. The van der Waals surface area contributed by atoms with Crippen LogP contribution >= 0.6 is 15.9 Å². The number of hydrogen-bond acceptors (Lipinski definition) is 3. The van der Waals surface area contributed by atoms with Crippen LogP contribution < -0.4 is 9.64 Å². The molecule has 0 saturated carbocycles. The molecule has 0 radical (unpaired) electrons. The van der Waals surface area contributed by atoms with Gasteiger partial charge in [-0.25, -0.2) is 4.98 Å². The molecule has 0 saturated heterocycles. The predicted molar refractivity (Wildman–Crippen MR) is 76.3 cm³/mol. The van der Waals surface area contributed by atoms with Gasteiger partial charge in [0.25, 0.3) is 0 Å². The van der Waals surface area contributed by atoms with E-state index in [9.17, 15) is 0 Å². The van der Waals surface area contributed by atoms with Gasteiger partial charge >= 0.3 is 0 Å². The summed E-state index contributed by atoms with van der Waals surface area (Å²) in [5.74, 6) is 1.82. The number of anilines is 1. The van der Waals surface area contributed by atoms with Crippen LogP contribution in [0.1, 0.15) is 27.2 Å². The van der Waals surface area contributed by atoms with Crippen LogP contribution in [0, 0.1) is 0 Å². The monoisotopic (exact) mass is 300 g/mol. The van der Waals surface area contributed by atoms with Gasteiger partial charge in [0.1, 0.15) is 0 Å². The number of alkyl halides is 1. The fourth-order valence-electron chi connectivity index (χ4n) is 1.63. The van der Waals surface area contributed by atoms with Crippen molar-refractivity contribution in [3.8, 4) is 5.75 Å². The Bertz CT molecular complexity index is 331. The molecule has 0 spiro atoms. The van der Waals surface area contributed by atoms with Crippen LogP contribution in [0.15, 0.2) is 18.3 Å². The molecule has 0 unspecified atom stereocenters. The number of rotatable bonds is 7. The minimum absolute atomic E-state index is 0.174. The van der Waals surface area contributed by atoms with Gasteiger partial charge in [-0.05, 0) is 39.3 Å². The van der Waals surface area contributed by atoms with Crippen molar-refractivity contribution in [1.82, 2.24) is 4.98 Å². The van der Waals surface area contributed by atoms with E-state index in [4.69, 9.17) is 4.74 Å². The van der Waals surface area contributed by atoms with Crippen LogP contribution in [0.25, 0.3) is 0 Å². The maximum Gasteiger partial charge on any atom is 0.171 e. The molecule has 0 bridgehead atoms. The minimum Gasteiger partial charge on any atom is -0.487 e. The Morgan fingerprint density at radius 3 is 2.82 bits per heavy atom. The van der Waals surface area contributed by atoms with Gasteiger partial charge in [-0.15, -0.1) is 0 Å². The highest BCUT2D eigenvalue weighted by atomic mass is 79.9. The molecule has 0 fully saturated rings. The fraction of sp³-hybridized carbons (Fsp3) is 0.615. The lowest BCUT2D eigenvalue weighted by molar-refractivity contribution is 0.242. The van der Waals surface area contributed by atoms with Crippen molar-refractivity contribution in [1.29, 1.82) is 0 Å². The van der Waals surface area contributed by atoms with E-state index in [0.29, 0.717) is 0 Å². The Hall–Kier alpha value is -0.770. The molecule has 1 heterocycles. The third-order valence-electron chi connectivity index (χ3n) is 2.36. The number of pyridine rings is 1. The molecule has 0 aliphatic carbocycles. The molecule has 1 aromatic heterocycles. The highest BCUT2D eigenvalue weighted by Crippen LogP contribution is 2.26. The van der Waals surface area contributed by atoms with Gasteiger partial charge in [0, 0.05) is 24.6 Å². The highest BCUT2D eigenvalue weighted by Gasteiger charge is 2.12. The Kier molecular flexibility index (Phi) is 6.34. The average molecular weight is 301 g/mol. The topological polar surface area (TPSA) is 25.4 Å². The van der Waals surface area contributed by atoms with Gasteiger partial charge < -0.3 is 9.64 Å². The lowest BCUT2D eigenvalue weighted by Gasteiger charge is -2.24. The van der Waals surface area contributed by atoms with Crippen LogP contribution in [-0.2, 0) is 0 Å². The smallest absolute Gasteiger partial charge is 0.171 e. The fourth-order valence-corrected chi connectivity index (χ4v) is 1.88. The number of ether oxygens (including phenoxy) is 1. The Labute approximate surface area is 112 Å². The quantitative estimate of drug-likeness (QED) is 0.721. The standard InChI is InChI=1S/C13H21BrN2O/c1-4-16(10-6-8-14)13-12(17-11(2)3)7-5-9-15-13/h5,7,9,11H,4,6,8,10H2,1-3H3. The van der Waals surface area contributed by atoms with Gasteiger partial charge in [-0.2, -0.15) is 0 Å². The molecule has 0 aliphatic rings. The van der Waals surface area contributed by atoms with Gasteiger partial charge in [0.15, 0.2) is 11.6 Å². The highest BCUT2D eigenvalue weighted by molar-refractivity contribution is 9.09. The molecule has 4 heteroatoms. The first-order valence-corrected chi connectivity index (χ1v) is 7.23. The molecule has 0 aromatic carbocycles. The Morgan fingerprint density at radius 2 is 2.24 bits per heavy atom. The Morgan fingerprint density at radius 1 is 1.47 bits per heavy atom. The van der Waals surface area contributed by atoms with E-state index < -0.39 is 0 Å². The van der Waals surface area contributed by atoms with E-state index in [1.807, 2.05) is 32.2 Å². The first kappa shape index (κ1) is 14.3. The largest absolute Gasteiger partial charge is 0.487 e. The van der Waals surface area contributed by atoms with Crippen molar-refractivity contribution in [2.24, 2.45) is 0 Å². The normalized spacial score (nSPS) is 10.6. The lowest BCUT2D eigenvalue weighted by Crippen LogP contribution is -2.26. The third kappa shape index (κ3) is 4.54. The first-order chi connectivity index (χ1) is 8.19. The van der Waals surface area contributed by atoms with E-state index in [1.165, 1.54) is 0 Å². The van der Waals surface area contributed by atoms with Crippen LogP contribution in [0.4, 0.5) is 5.82 Å². The molecule has 96 valence electrons. The van der Waals surface area contributed by atoms with Gasteiger partial charge in [0.2, 0.25) is 0 Å². The molecule has 17 heavy (non-hydrogen) atoms. The second-order valence-electron chi connectivity index (χ2n) is 4.11. The molecule has 0 N–H and O–H groups in total. The first-order valence-electron chi connectivity index (χ1n) is 6.11. The summed E-state index contributed by atoms with van der Waals surface area (Å²) < 4.78 is 5.79. The van der Waals surface area contributed by atoms with Crippen molar-refractivity contribution in [2.75, 3.05) is 23.3 Å². The summed E-state index contributed by atoms with van der Waals surface area (Å²) in [5, 5.41) is 1.01. The van der Waals surface area contributed by atoms with Crippen molar-refractivity contribution < 1.29 is 4.74 Å². The summed E-state index contributed by atoms with van der Waals surface area (Å²) in [4.78, 5) is 6.69. The SMILES string of the molecule is CCN(CCCBr)c1ncccc1OC(C)C. The van der Waals surface area contributed by atoms with Gasteiger partial charge in [-0.1, -0.05) is 15.9 Å². The van der Waals surface area contributed by atoms with Gasteiger partial charge in [-0.3, -0.25) is 0 Å². The molecular formula is C13H21BrN2O. The second-order valence-corrected chi connectivity index (χ2v) is 4.91. The number of aromatic nitrogens is 1. The van der Waals surface area contributed by atoms with E-state index in [2.05, 4.69) is 32.7 Å². The molecular weight excluding hydrogens is 280 g/mol. The predicted octanol–water partition coefficient (Wildman–Crippen LogP) is 3.48. The summed E-state index contributed by atoms with van der Waals surface area (Å²) in [7, 11) is 0. The summed E-state index contributed by atoms with van der Waals surface area (Å²) in [5.41, 5.74) is 0. The summed E-state index contributed by atoms with van der Waals surface area (Å²) in [6.45, 7) is 8.14. The van der Waals surface area contributed by atoms with Crippen LogP contribution in [-0.4, -0.2) is 29.5 Å². The third-order valence-corrected chi connectivity index (χ3v) is 2.92. The van der Waals surface area contributed by atoms with Crippen molar-refractivity contribution >= 4 is 21.7 Å². The molecule has 0 atom stereocenters. The van der Waals surface area contributed by atoms with Crippen LogP contribution in [0.5, 0.6) is 5.75 Å². The maximum atomic E-state index is 5.79. The zero-order chi connectivity index (χ0) is 12.7. The number of nitrogens with zero attached hydrogens (tertiary/aromatic N) is 2. The van der Waals surface area contributed by atoms with Crippen molar-refractivity contribution in [3.05, 3.63) is 18.3 Å². The maximum absolute atomic E-state index is 5.79. The van der Waals surface area contributed by atoms with E-state index in [-0.39, 0.29) is 6.10 Å². The summed E-state index contributed by atoms with van der Waals surface area (Å²) >= 11 is 3.46. The zero-order valence-electron chi connectivity index (χ0n) is 10.8. The molecule has 1 rings (SSSR count). The molecule has 0 amide bonds. The van der Waals surface area contributed by atoms with Crippen LogP contribution in [0.3, 0.4) is 0 Å². The molecule has 0 aliphatic heterocycles. The average Bonchev–Trinajstić information content (AvgIpc) is 2.31. The van der Waals surface area contributed by atoms with Crippen molar-refractivity contribution in [2.45, 2.75) is 33.3 Å². The second kappa shape index (κ2) is 7.54. The molecule has 3 nitrogen and oxygen atoms in total. The molecule has 1 aromatic rings. The summed E-state index contributed by atoms with van der Waals surface area (Å²) in [6.07, 6.45) is 3.10. The summed E-state index contributed by atoms with van der Waals surface area (Å²) in [6, 6.07) is 3.90. The Balaban J connectivity index is 2.85. The minimum atomic E-state index is 0.174. The number of halogens is 1. The van der Waals surface area contributed by atoms with Crippen molar-refractivity contribution in [3.63, 3.8) is 0 Å². The van der Waals surface area contributed by atoms with E-state index in [0.717, 1.165) is 36.4 Å². The zero-order valence-corrected chi connectivity index (χ0v) is 12.4. The van der Waals surface area contributed by atoms with E-state index >= 15 is 0 Å². The van der Waals surface area contributed by atoms with Gasteiger partial charge in [0.05, 0.1) is 6.10 Å². The lowest BCUT2D eigenvalue weighted by atomic mass is 10.3.